The van der Waals surface area contributed by atoms with E-state index < -0.39 is 34.7 Å². The van der Waals surface area contributed by atoms with Crippen molar-refractivity contribution in [2.24, 2.45) is 0 Å². The van der Waals surface area contributed by atoms with Crippen LogP contribution in [-0.4, -0.2) is 43.8 Å². The van der Waals surface area contributed by atoms with Gasteiger partial charge in [0, 0.05) is 30.9 Å². The van der Waals surface area contributed by atoms with E-state index in [-0.39, 0.29) is 25.8 Å². The fraction of sp³-hybridized carbons (Fsp3) is 0.400. The maximum atomic E-state index is 11.4. The average molecular weight is 286 g/mol. The first-order valence-electron chi connectivity index (χ1n) is 5.46. The van der Waals surface area contributed by atoms with Crippen molar-refractivity contribution in [3.8, 4) is 0 Å². The van der Waals surface area contributed by atoms with Gasteiger partial charge in [0.15, 0.2) is 0 Å². The number of hydroxylamine groups is 2. The lowest BCUT2D eigenvalue weighted by molar-refractivity contribution is -0.197. The summed E-state index contributed by atoms with van der Waals surface area (Å²) in [6.07, 6.45) is 0.931. The average Bonchev–Trinajstić information content (AvgIpc) is 2.84. The molecule has 3 amide bonds. The highest BCUT2D eigenvalue weighted by Gasteiger charge is 2.33. The molecule has 2 heterocycles. The summed E-state index contributed by atoms with van der Waals surface area (Å²) in [7, 11) is -1.58. The molecule has 9 heteroatoms. The minimum Gasteiger partial charge on any atom is -0.330 e. The summed E-state index contributed by atoms with van der Waals surface area (Å²) in [6.45, 7) is -0.104. The first-order chi connectivity index (χ1) is 8.99. The van der Waals surface area contributed by atoms with Crippen LogP contribution in [0.3, 0.4) is 0 Å². The second-order valence-electron chi connectivity index (χ2n) is 3.81. The Balaban J connectivity index is 1.82. The van der Waals surface area contributed by atoms with Crippen LogP contribution in [0.5, 0.6) is 0 Å². The lowest BCUT2D eigenvalue weighted by atomic mass is 10.4. The van der Waals surface area contributed by atoms with Crippen LogP contribution in [0.15, 0.2) is 11.5 Å². The molecule has 19 heavy (non-hydrogen) atoms. The predicted molar refractivity (Wildman–Crippen MR) is 60.8 cm³/mol. The van der Waals surface area contributed by atoms with Gasteiger partial charge in [-0.3, -0.25) is 18.7 Å². The second kappa shape index (κ2) is 5.31. The third-order valence-corrected chi connectivity index (χ3v) is 3.67. The molecule has 0 bridgehead atoms. The zero-order valence-corrected chi connectivity index (χ0v) is 10.6. The third-order valence-electron chi connectivity index (χ3n) is 2.51. The van der Waals surface area contributed by atoms with Gasteiger partial charge in [-0.25, -0.2) is 9.00 Å². The van der Waals surface area contributed by atoms with E-state index >= 15 is 0 Å². The fourth-order valence-corrected chi connectivity index (χ4v) is 2.45. The first-order valence-corrected chi connectivity index (χ1v) is 6.63. The van der Waals surface area contributed by atoms with E-state index in [9.17, 15) is 23.4 Å². The summed E-state index contributed by atoms with van der Waals surface area (Å²) < 4.78 is 12.3. The van der Waals surface area contributed by atoms with E-state index in [1.807, 2.05) is 0 Å². The molecule has 2 rings (SSSR count). The standard InChI is InChI=1S/C10H10N2O6S/c13-7-4-6-19(17)11(7)5-3-10(16)18-12-8(14)1-2-9(12)15/h4,6H,1-3,5H2. The normalized spacial score (nSPS) is 22.5. The van der Waals surface area contributed by atoms with Crippen molar-refractivity contribution in [3.05, 3.63) is 11.5 Å². The van der Waals surface area contributed by atoms with Gasteiger partial charge in [-0.2, -0.15) is 0 Å². The molecule has 1 saturated heterocycles. The Morgan fingerprint density at radius 3 is 2.42 bits per heavy atom. The highest BCUT2D eigenvalue weighted by atomic mass is 32.2. The van der Waals surface area contributed by atoms with Crippen LogP contribution in [0.2, 0.25) is 0 Å². The van der Waals surface area contributed by atoms with Gasteiger partial charge in [0.1, 0.15) is 11.0 Å². The Morgan fingerprint density at radius 2 is 1.89 bits per heavy atom. The van der Waals surface area contributed by atoms with Crippen LogP contribution in [0.1, 0.15) is 19.3 Å². The molecular formula is C10H10N2O6S. The number of nitrogens with zero attached hydrogens (tertiary/aromatic N) is 2. The first kappa shape index (κ1) is 13.4. The predicted octanol–water partition coefficient (Wildman–Crippen LogP) is -0.997. The van der Waals surface area contributed by atoms with Crippen LogP contribution < -0.4 is 0 Å². The van der Waals surface area contributed by atoms with Crippen molar-refractivity contribution in [2.45, 2.75) is 19.3 Å². The molecule has 0 aromatic rings. The summed E-state index contributed by atoms with van der Waals surface area (Å²) >= 11 is 0. The Bertz CT molecular complexity index is 480. The van der Waals surface area contributed by atoms with E-state index in [2.05, 4.69) is 4.84 Å². The molecule has 2 aliphatic heterocycles. The molecule has 1 atom stereocenters. The molecule has 8 nitrogen and oxygen atoms in total. The molecule has 0 aromatic carbocycles. The highest BCUT2D eigenvalue weighted by Crippen LogP contribution is 2.13. The van der Waals surface area contributed by atoms with Gasteiger partial charge in [-0.05, 0) is 0 Å². The summed E-state index contributed by atoms with van der Waals surface area (Å²) in [5, 5.41) is 1.64. The number of carbonyl (C=O) groups is 4. The van der Waals surface area contributed by atoms with Crippen molar-refractivity contribution in [2.75, 3.05) is 6.54 Å². The molecule has 0 N–H and O–H groups in total. The lowest BCUT2D eigenvalue weighted by Crippen LogP contribution is -2.34. The number of hydrogen-bond acceptors (Lipinski definition) is 6. The van der Waals surface area contributed by atoms with Crippen LogP contribution in [-0.2, 0) is 35.0 Å². The maximum Gasteiger partial charge on any atom is 0.335 e. The number of imide groups is 1. The zero-order chi connectivity index (χ0) is 14.0. The van der Waals surface area contributed by atoms with Gasteiger partial charge < -0.3 is 4.84 Å². The van der Waals surface area contributed by atoms with Crippen molar-refractivity contribution >= 4 is 34.7 Å². The largest absolute Gasteiger partial charge is 0.335 e. The smallest absolute Gasteiger partial charge is 0.330 e. The molecule has 0 spiro atoms. The quantitative estimate of drug-likeness (QED) is 0.615. The molecule has 1 unspecified atom stereocenters. The Labute approximate surface area is 110 Å². The number of hydrogen-bond donors (Lipinski definition) is 0. The summed E-state index contributed by atoms with van der Waals surface area (Å²) in [4.78, 5) is 49.6. The molecule has 1 fully saturated rings. The fourth-order valence-electron chi connectivity index (χ4n) is 1.56. The van der Waals surface area contributed by atoms with E-state index in [1.165, 1.54) is 5.41 Å². The maximum absolute atomic E-state index is 11.4. The third kappa shape index (κ3) is 2.87. The minimum atomic E-state index is -1.58. The Kier molecular flexibility index (Phi) is 3.74. The molecule has 0 aliphatic carbocycles. The van der Waals surface area contributed by atoms with Crippen molar-refractivity contribution in [1.29, 1.82) is 0 Å². The summed E-state index contributed by atoms with van der Waals surface area (Å²) in [5.74, 6) is -2.43. The lowest BCUT2D eigenvalue weighted by Gasteiger charge is -2.15. The van der Waals surface area contributed by atoms with Gasteiger partial charge in [0.2, 0.25) is 0 Å². The Morgan fingerprint density at radius 1 is 1.26 bits per heavy atom. The highest BCUT2D eigenvalue weighted by molar-refractivity contribution is 7.86. The number of amides is 3. The zero-order valence-electron chi connectivity index (χ0n) is 9.74. The summed E-state index contributed by atoms with van der Waals surface area (Å²) in [5.41, 5.74) is 0. The van der Waals surface area contributed by atoms with E-state index in [0.29, 0.717) is 5.06 Å². The summed E-state index contributed by atoms with van der Waals surface area (Å²) in [6, 6.07) is 0. The topological polar surface area (TPSA) is 101 Å². The van der Waals surface area contributed by atoms with Crippen LogP contribution in [0, 0.1) is 0 Å². The minimum absolute atomic E-state index is 0.0185. The van der Waals surface area contributed by atoms with Crippen molar-refractivity contribution in [1.82, 2.24) is 9.37 Å². The van der Waals surface area contributed by atoms with Crippen molar-refractivity contribution in [3.63, 3.8) is 0 Å². The van der Waals surface area contributed by atoms with Gasteiger partial charge in [0.05, 0.1) is 6.42 Å². The second-order valence-corrected chi connectivity index (χ2v) is 5.08. The van der Waals surface area contributed by atoms with Gasteiger partial charge in [-0.1, -0.05) is 0 Å². The Hall–Kier alpha value is -2.03. The van der Waals surface area contributed by atoms with Crippen LogP contribution in [0.25, 0.3) is 0 Å². The molecule has 102 valence electrons. The van der Waals surface area contributed by atoms with Gasteiger partial charge in [-0.15, -0.1) is 5.06 Å². The van der Waals surface area contributed by atoms with Crippen LogP contribution >= 0.6 is 0 Å². The molecule has 0 radical (unpaired) electrons. The van der Waals surface area contributed by atoms with Gasteiger partial charge >= 0.3 is 5.97 Å². The van der Waals surface area contributed by atoms with Crippen molar-refractivity contribution < 1.29 is 28.2 Å². The number of carbonyl (C=O) groups excluding carboxylic acids is 4. The monoisotopic (exact) mass is 286 g/mol. The SMILES string of the molecule is O=C(CCN1C(=O)C=CS1=O)ON1C(=O)CCC1=O. The molecule has 0 saturated carbocycles. The van der Waals surface area contributed by atoms with E-state index in [4.69, 9.17) is 0 Å². The molecular weight excluding hydrogens is 276 g/mol. The van der Waals surface area contributed by atoms with Crippen LogP contribution in [0.4, 0.5) is 0 Å². The molecule has 2 aliphatic rings. The van der Waals surface area contributed by atoms with E-state index in [0.717, 1.165) is 10.4 Å². The van der Waals surface area contributed by atoms with Gasteiger partial charge in [0.25, 0.3) is 17.7 Å². The molecule has 0 aromatic heterocycles. The number of rotatable bonds is 4. The van der Waals surface area contributed by atoms with E-state index in [1.54, 1.807) is 0 Å².